The van der Waals surface area contributed by atoms with Gasteiger partial charge in [-0.2, -0.15) is 4.98 Å². The van der Waals surface area contributed by atoms with Crippen LogP contribution in [0.15, 0.2) is 28.8 Å². The number of nitrogens with zero attached hydrogens (tertiary/aromatic N) is 4. The summed E-state index contributed by atoms with van der Waals surface area (Å²) in [4.78, 5) is 40.9. The molecule has 4 rings (SSSR count). The van der Waals surface area contributed by atoms with Crippen molar-refractivity contribution < 1.29 is 19.0 Å². The Hall–Kier alpha value is -3.10. The molecule has 2 amide bonds. The van der Waals surface area contributed by atoms with Gasteiger partial charge in [-0.25, -0.2) is 0 Å². The molecule has 9 heteroatoms. The van der Waals surface area contributed by atoms with E-state index in [1.165, 1.54) is 17.0 Å². The van der Waals surface area contributed by atoms with Crippen molar-refractivity contribution >= 4 is 17.5 Å². The minimum atomic E-state index is -0.492. The first kappa shape index (κ1) is 17.3. The predicted molar refractivity (Wildman–Crippen MR) is 92.3 cm³/mol. The lowest BCUT2D eigenvalue weighted by atomic mass is 9.81. The van der Waals surface area contributed by atoms with Crippen LogP contribution in [-0.4, -0.2) is 38.3 Å². The zero-order valence-electron chi connectivity index (χ0n) is 14.5. The van der Waals surface area contributed by atoms with E-state index in [0.717, 1.165) is 25.7 Å². The van der Waals surface area contributed by atoms with Crippen LogP contribution in [0.25, 0.3) is 11.4 Å². The number of carbonyl (C=O) groups excluding carboxylic acids is 2. The average molecular weight is 370 g/mol. The molecule has 9 nitrogen and oxygen atoms in total. The van der Waals surface area contributed by atoms with E-state index in [-0.39, 0.29) is 54.0 Å². The summed E-state index contributed by atoms with van der Waals surface area (Å²) in [5.74, 6) is -0.0107. The van der Waals surface area contributed by atoms with Gasteiger partial charge in [-0.15, -0.1) is 0 Å². The normalized spacial score (nSPS) is 22.1. The minimum Gasteiger partial charge on any atom is -0.339 e. The first-order valence-electron chi connectivity index (χ1n) is 8.97. The summed E-state index contributed by atoms with van der Waals surface area (Å²) < 4.78 is 5.19. The molecule has 1 aliphatic carbocycles. The molecule has 140 valence electrons. The second kappa shape index (κ2) is 6.90. The molecule has 0 unspecified atom stereocenters. The van der Waals surface area contributed by atoms with Gasteiger partial charge in [-0.05, 0) is 12.8 Å². The Balaban J connectivity index is 1.44. The van der Waals surface area contributed by atoms with Gasteiger partial charge in [-0.1, -0.05) is 30.1 Å². The number of aromatic nitrogens is 2. The van der Waals surface area contributed by atoms with Crippen LogP contribution in [-0.2, 0) is 16.0 Å². The Kier molecular flexibility index (Phi) is 4.43. The van der Waals surface area contributed by atoms with E-state index in [4.69, 9.17) is 4.52 Å². The van der Waals surface area contributed by atoms with Crippen molar-refractivity contribution in [3.05, 3.63) is 40.3 Å². The summed E-state index contributed by atoms with van der Waals surface area (Å²) in [5, 5.41) is 14.7. The second-order valence-electron chi connectivity index (χ2n) is 6.89. The van der Waals surface area contributed by atoms with Gasteiger partial charge in [0.15, 0.2) is 0 Å². The fourth-order valence-corrected chi connectivity index (χ4v) is 3.89. The number of hydrogen-bond acceptors (Lipinski definition) is 7. The van der Waals surface area contributed by atoms with Gasteiger partial charge >= 0.3 is 0 Å². The summed E-state index contributed by atoms with van der Waals surface area (Å²) >= 11 is 0. The molecule has 1 aliphatic heterocycles. The molecule has 1 saturated carbocycles. The molecule has 0 radical (unpaired) electrons. The molecule has 0 spiro atoms. The maximum Gasteiger partial charge on any atom is 0.270 e. The number of rotatable bonds is 5. The van der Waals surface area contributed by atoms with Crippen LogP contribution in [0.3, 0.4) is 0 Å². The largest absolute Gasteiger partial charge is 0.339 e. The van der Waals surface area contributed by atoms with Crippen molar-refractivity contribution in [3.63, 3.8) is 0 Å². The third-order valence-electron chi connectivity index (χ3n) is 5.26. The molecule has 0 bridgehead atoms. The van der Waals surface area contributed by atoms with Gasteiger partial charge in [0, 0.05) is 30.7 Å². The number of fused-ring (bicyclic) bond motifs is 1. The van der Waals surface area contributed by atoms with Gasteiger partial charge in [-0.3, -0.25) is 24.6 Å². The average Bonchev–Trinajstić information content (AvgIpc) is 3.25. The van der Waals surface area contributed by atoms with Gasteiger partial charge in [0.1, 0.15) is 0 Å². The van der Waals surface area contributed by atoms with Crippen molar-refractivity contribution in [2.75, 3.05) is 6.54 Å². The third-order valence-corrected chi connectivity index (χ3v) is 5.26. The van der Waals surface area contributed by atoms with Gasteiger partial charge < -0.3 is 4.52 Å². The number of likely N-dealkylation sites (tertiary alicyclic amines) is 1. The Morgan fingerprint density at radius 2 is 1.89 bits per heavy atom. The van der Waals surface area contributed by atoms with Crippen molar-refractivity contribution in [1.29, 1.82) is 0 Å². The molecule has 1 saturated heterocycles. The molecule has 0 N–H and O–H groups in total. The molecule has 27 heavy (non-hydrogen) atoms. The van der Waals surface area contributed by atoms with Crippen LogP contribution in [0, 0.1) is 22.0 Å². The van der Waals surface area contributed by atoms with E-state index in [2.05, 4.69) is 10.1 Å². The second-order valence-corrected chi connectivity index (χ2v) is 6.89. The highest BCUT2D eigenvalue weighted by Gasteiger charge is 2.47. The molecular formula is C18H18N4O5. The van der Waals surface area contributed by atoms with E-state index >= 15 is 0 Å². The number of carbonyl (C=O) groups is 2. The van der Waals surface area contributed by atoms with Crippen LogP contribution in [0.5, 0.6) is 0 Å². The third kappa shape index (κ3) is 3.20. The topological polar surface area (TPSA) is 119 Å². The van der Waals surface area contributed by atoms with Gasteiger partial charge in [0.2, 0.25) is 23.5 Å². The summed E-state index contributed by atoms with van der Waals surface area (Å²) in [5.41, 5.74) is 0.410. The molecule has 2 atom stereocenters. The number of nitro groups is 1. The maximum atomic E-state index is 12.5. The van der Waals surface area contributed by atoms with Crippen molar-refractivity contribution in [2.24, 2.45) is 11.8 Å². The summed E-state index contributed by atoms with van der Waals surface area (Å²) in [6, 6.07) is 5.95. The molecule has 2 fully saturated rings. The molecule has 1 aromatic carbocycles. The lowest BCUT2D eigenvalue weighted by Crippen LogP contribution is -2.33. The van der Waals surface area contributed by atoms with Gasteiger partial charge in [0.05, 0.1) is 16.8 Å². The lowest BCUT2D eigenvalue weighted by molar-refractivity contribution is -0.384. The maximum absolute atomic E-state index is 12.5. The number of nitro benzene ring substituents is 1. The predicted octanol–water partition coefficient (Wildman–Crippen LogP) is 2.36. The number of non-ortho nitro benzene ring substituents is 1. The first-order chi connectivity index (χ1) is 13.0. The molecule has 2 aliphatic rings. The standard InChI is InChI=1S/C18H18N4O5/c23-17-13-6-1-2-7-14(13)18(24)21(17)9-8-15-19-16(20-27-15)11-4-3-5-12(10-11)22(25)26/h3-5,10,13-14H,1-2,6-9H2/t13-,14+. The van der Waals surface area contributed by atoms with E-state index in [1.807, 2.05) is 0 Å². The van der Waals surface area contributed by atoms with Crippen LogP contribution in [0.2, 0.25) is 0 Å². The van der Waals surface area contributed by atoms with E-state index in [0.29, 0.717) is 5.56 Å². The van der Waals surface area contributed by atoms with E-state index in [9.17, 15) is 19.7 Å². The first-order valence-corrected chi connectivity index (χ1v) is 8.97. The van der Waals surface area contributed by atoms with E-state index < -0.39 is 4.92 Å². The summed E-state index contributed by atoms with van der Waals surface area (Å²) in [7, 11) is 0. The number of benzene rings is 1. The van der Waals surface area contributed by atoms with E-state index in [1.54, 1.807) is 12.1 Å². The van der Waals surface area contributed by atoms with Gasteiger partial charge in [0.25, 0.3) is 5.69 Å². The highest BCUT2D eigenvalue weighted by Crippen LogP contribution is 2.38. The Morgan fingerprint density at radius 3 is 2.56 bits per heavy atom. The molecule has 2 aromatic rings. The van der Waals surface area contributed by atoms with Crippen LogP contribution >= 0.6 is 0 Å². The van der Waals surface area contributed by atoms with Crippen molar-refractivity contribution in [1.82, 2.24) is 15.0 Å². The highest BCUT2D eigenvalue weighted by molar-refractivity contribution is 6.05. The SMILES string of the molecule is O=C1[C@H]2CCCC[C@H]2C(=O)N1CCc1nc(-c2cccc([N+](=O)[O-])c2)no1. The summed E-state index contributed by atoms with van der Waals surface area (Å²) in [6.45, 7) is 0.210. The minimum absolute atomic E-state index is 0.0604. The Labute approximate surface area is 154 Å². The fraction of sp³-hybridized carbons (Fsp3) is 0.444. The Morgan fingerprint density at radius 1 is 1.19 bits per heavy atom. The highest BCUT2D eigenvalue weighted by atomic mass is 16.6. The number of hydrogen-bond donors (Lipinski definition) is 0. The summed E-state index contributed by atoms with van der Waals surface area (Å²) in [6.07, 6.45) is 3.81. The zero-order chi connectivity index (χ0) is 19.0. The fourth-order valence-electron chi connectivity index (χ4n) is 3.89. The molecular weight excluding hydrogens is 352 g/mol. The molecule has 1 aromatic heterocycles. The Bertz CT molecular complexity index is 885. The smallest absolute Gasteiger partial charge is 0.270 e. The quantitative estimate of drug-likeness (QED) is 0.450. The van der Waals surface area contributed by atoms with Crippen LogP contribution in [0.4, 0.5) is 5.69 Å². The lowest BCUT2D eigenvalue weighted by Gasteiger charge is -2.19. The van der Waals surface area contributed by atoms with Crippen LogP contribution < -0.4 is 0 Å². The monoisotopic (exact) mass is 370 g/mol. The number of imide groups is 1. The van der Waals surface area contributed by atoms with Crippen molar-refractivity contribution in [2.45, 2.75) is 32.1 Å². The number of amides is 2. The van der Waals surface area contributed by atoms with Crippen molar-refractivity contribution in [3.8, 4) is 11.4 Å². The molecule has 2 heterocycles. The zero-order valence-corrected chi connectivity index (χ0v) is 14.5. The van der Waals surface area contributed by atoms with Crippen LogP contribution in [0.1, 0.15) is 31.6 Å².